The molecule has 0 spiro atoms. The second-order valence-corrected chi connectivity index (χ2v) is 7.30. The summed E-state index contributed by atoms with van der Waals surface area (Å²) in [4.78, 5) is 0. The minimum Gasteiger partial charge on any atom is -0.206 e. The van der Waals surface area contributed by atoms with E-state index in [0.717, 1.165) is 18.6 Å². The molecule has 0 amide bonds. The van der Waals surface area contributed by atoms with Crippen molar-refractivity contribution in [3.8, 4) is 11.8 Å². The monoisotopic (exact) mass is 392 g/mol. The maximum atomic E-state index is 14.1. The molecule has 0 nitrogen and oxygen atoms in total. The first-order chi connectivity index (χ1) is 13.4. The quantitative estimate of drug-likeness (QED) is 0.311. The van der Waals surface area contributed by atoms with Crippen molar-refractivity contribution < 1.29 is 22.0 Å². The molecule has 0 atom stereocenters. The van der Waals surface area contributed by atoms with Crippen LogP contribution in [0.25, 0.3) is 0 Å². The summed E-state index contributed by atoms with van der Waals surface area (Å²) in [6, 6.07) is 4.73. The van der Waals surface area contributed by atoms with E-state index in [1.54, 1.807) is 0 Å². The van der Waals surface area contributed by atoms with E-state index < -0.39 is 29.1 Å². The Morgan fingerprint density at radius 3 is 1.93 bits per heavy atom. The minimum absolute atomic E-state index is 0.0412. The van der Waals surface area contributed by atoms with E-state index in [1.165, 1.54) is 12.1 Å². The van der Waals surface area contributed by atoms with Gasteiger partial charge in [-0.15, -0.1) is 0 Å². The molecule has 0 N–H and O–H groups in total. The molecule has 0 unspecified atom stereocenters. The number of aryl methyl sites for hydroxylation is 1. The summed E-state index contributed by atoms with van der Waals surface area (Å²) in [5.74, 6) is 0.313. The molecule has 1 aliphatic carbocycles. The van der Waals surface area contributed by atoms with Crippen LogP contribution in [-0.4, -0.2) is 0 Å². The molecule has 1 aliphatic rings. The van der Waals surface area contributed by atoms with Gasteiger partial charge in [-0.3, -0.25) is 0 Å². The first kappa shape index (κ1) is 20.4. The Morgan fingerprint density at radius 1 is 0.821 bits per heavy atom. The zero-order valence-corrected chi connectivity index (χ0v) is 15.6. The van der Waals surface area contributed by atoms with Crippen molar-refractivity contribution in [3.05, 3.63) is 70.0 Å². The lowest BCUT2D eigenvalue weighted by Crippen LogP contribution is -2.13. The van der Waals surface area contributed by atoms with Gasteiger partial charge in [-0.05, 0) is 73.4 Å². The standard InChI is InChI=1S/C23H21F5/c1-2-3-15-10-19(24)18(20(25)11-15)9-6-14-4-7-16(8-5-14)17-12-21(26)23(28)22(27)13-17/h10-14,16H,2-5,7-8H2,1H3. The van der Waals surface area contributed by atoms with E-state index >= 15 is 0 Å². The van der Waals surface area contributed by atoms with E-state index in [-0.39, 0.29) is 17.4 Å². The molecular weight excluding hydrogens is 371 g/mol. The van der Waals surface area contributed by atoms with Crippen molar-refractivity contribution in [1.29, 1.82) is 0 Å². The predicted octanol–water partition coefficient (Wildman–Crippen LogP) is 6.66. The molecule has 1 fully saturated rings. The Bertz CT molecular complexity index is 868. The van der Waals surface area contributed by atoms with Crippen LogP contribution < -0.4 is 0 Å². The van der Waals surface area contributed by atoms with Crippen LogP contribution in [0.2, 0.25) is 0 Å². The number of benzene rings is 2. The fraction of sp³-hybridized carbons (Fsp3) is 0.391. The molecule has 2 aromatic carbocycles. The Labute approximate surface area is 161 Å². The maximum Gasteiger partial charge on any atom is 0.194 e. The van der Waals surface area contributed by atoms with Gasteiger partial charge in [0.1, 0.15) is 11.6 Å². The van der Waals surface area contributed by atoms with E-state index in [9.17, 15) is 22.0 Å². The third-order valence-electron chi connectivity index (χ3n) is 5.25. The van der Waals surface area contributed by atoms with Gasteiger partial charge in [-0.25, -0.2) is 22.0 Å². The van der Waals surface area contributed by atoms with Gasteiger partial charge in [0.2, 0.25) is 0 Å². The predicted molar refractivity (Wildman–Crippen MR) is 98.2 cm³/mol. The van der Waals surface area contributed by atoms with Gasteiger partial charge >= 0.3 is 0 Å². The molecule has 5 heteroatoms. The van der Waals surface area contributed by atoms with Crippen molar-refractivity contribution in [2.75, 3.05) is 0 Å². The smallest absolute Gasteiger partial charge is 0.194 e. The molecule has 0 saturated heterocycles. The number of hydrogen-bond donors (Lipinski definition) is 0. The zero-order valence-electron chi connectivity index (χ0n) is 15.6. The van der Waals surface area contributed by atoms with E-state index in [2.05, 4.69) is 11.8 Å². The van der Waals surface area contributed by atoms with Crippen LogP contribution in [0.4, 0.5) is 22.0 Å². The Hall–Kier alpha value is -2.35. The van der Waals surface area contributed by atoms with Crippen LogP contribution in [0, 0.1) is 46.8 Å². The normalized spacial score (nSPS) is 19.2. The first-order valence-corrected chi connectivity index (χ1v) is 9.53. The van der Waals surface area contributed by atoms with Gasteiger partial charge in [0.05, 0.1) is 5.56 Å². The zero-order chi connectivity index (χ0) is 20.3. The largest absolute Gasteiger partial charge is 0.206 e. The van der Waals surface area contributed by atoms with Gasteiger partial charge in [0, 0.05) is 5.92 Å². The van der Waals surface area contributed by atoms with E-state index in [0.29, 0.717) is 43.2 Å². The van der Waals surface area contributed by atoms with Crippen LogP contribution in [0.15, 0.2) is 24.3 Å². The van der Waals surface area contributed by atoms with Gasteiger partial charge in [-0.2, -0.15) is 0 Å². The molecule has 1 saturated carbocycles. The summed E-state index contributed by atoms with van der Waals surface area (Å²) >= 11 is 0. The number of hydrogen-bond acceptors (Lipinski definition) is 0. The number of halogens is 5. The molecule has 0 aromatic heterocycles. The van der Waals surface area contributed by atoms with Crippen LogP contribution in [0.5, 0.6) is 0 Å². The van der Waals surface area contributed by atoms with Gasteiger partial charge in [0.25, 0.3) is 0 Å². The van der Waals surface area contributed by atoms with Crippen LogP contribution in [0.3, 0.4) is 0 Å². The lowest BCUT2D eigenvalue weighted by Gasteiger charge is -2.26. The van der Waals surface area contributed by atoms with Gasteiger partial charge in [0.15, 0.2) is 17.5 Å². The van der Waals surface area contributed by atoms with Crippen LogP contribution >= 0.6 is 0 Å². The van der Waals surface area contributed by atoms with Gasteiger partial charge in [-0.1, -0.05) is 25.2 Å². The molecule has 0 radical (unpaired) electrons. The third kappa shape index (κ3) is 4.55. The first-order valence-electron chi connectivity index (χ1n) is 9.53. The fourth-order valence-corrected chi connectivity index (χ4v) is 3.73. The summed E-state index contributed by atoms with van der Waals surface area (Å²) in [5, 5.41) is 0. The second kappa shape index (κ2) is 8.77. The van der Waals surface area contributed by atoms with Crippen LogP contribution in [0.1, 0.15) is 61.6 Å². The molecule has 2 aromatic rings. The highest BCUT2D eigenvalue weighted by molar-refractivity contribution is 5.39. The second-order valence-electron chi connectivity index (χ2n) is 7.30. The minimum atomic E-state index is -1.46. The third-order valence-corrected chi connectivity index (χ3v) is 5.25. The number of rotatable bonds is 3. The molecule has 0 bridgehead atoms. The molecule has 0 aliphatic heterocycles. The highest BCUT2D eigenvalue weighted by Crippen LogP contribution is 2.36. The van der Waals surface area contributed by atoms with Crippen molar-refractivity contribution in [2.24, 2.45) is 5.92 Å². The molecule has 148 valence electrons. The highest BCUT2D eigenvalue weighted by Gasteiger charge is 2.23. The van der Waals surface area contributed by atoms with Crippen molar-refractivity contribution in [1.82, 2.24) is 0 Å². The summed E-state index contributed by atoms with van der Waals surface area (Å²) in [5.41, 5.74) is 0.832. The molecule has 0 heterocycles. The maximum absolute atomic E-state index is 14.1. The molecular formula is C23H21F5. The summed E-state index contributed by atoms with van der Waals surface area (Å²) in [7, 11) is 0. The lowest BCUT2D eigenvalue weighted by molar-refractivity contribution is 0.379. The van der Waals surface area contributed by atoms with Crippen molar-refractivity contribution in [2.45, 2.75) is 51.4 Å². The highest BCUT2D eigenvalue weighted by atomic mass is 19.2. The average Bonchev–Trinajstić information content (AvgIpc) is 2.66. The molecule has 28 heavy (non-hydrogen) atoms. The Kier molecular flexibility index (Phi) is 6.39. The summed E-state index contributed by atoms with van der Waals surface area (Å²) < 4.78 is 68.2. The van der Waals surface area contributed by atoms with Gasteiger partial charge < -0.3 is 0 Å². The Morgan fingerprint density at radius 2 is 1.39 bits per heavy atom. The van der Waals surface area contributed by atoms with Crippen molar-refractivity contribution in [3.63, 3.8) is 0 Å². The fourth-order valence-electron chi connectivity index (χ4n) is 3.73. The average molecular weight is 392 g/mol. The topological polar surface area (TPSA) is 0 Å². The summed E-state index contributed by atoms with van der Waals surface area (Å²) in [6.07, 6.45) is 3.96. The SMILES string of the molecule is CCCc1cc(F)c(C#CC2CCC(c3cc(F)c(F)c(F)c3)CC2)c(F)c1. The Balaban J connectivity index is 1.67. The van der Waals surface area contributed by atoms with E-state index in [1.807, 2.05) is 6.92 Å². The summed E-state index contributed by atoms with van der Waals surface area (Å²) in [6.45, 7) is 1.94. The van der Waals surface area contributed by atoms with Crippen LogP contribution in [-0.2, 0) is 6.42 Å². The molecule has 3 rings (SSSR count). The van der Waals surface area contributed by atoms with Crippen molar-refractivity contribution >= 4 is 0 Å². The lowest BCUT2D eigenvalue weighted by atomic mass is 9.79. The van der Waals surface area contributed by atoms with E-state index in [4.69, 9.17) is 0 Å².